The van der Waals surface area contributed by atoms with Gasteiger partial charge in [0.2, 0.25) is 0 Å². The summed E-state index contributed by atoms with van der Waals surface area (Å²) in [6.07, 6.45) is 0.541. The molecule has 1 rings (SSSR count). The minimum absolute atomic E-state index is 0.113. The second kappa shape index (κ2) is 6.44. The Morgan fingerprint density at radius 2 is 2.33 bits per heavy atom. The van der Waals surface area contributed by atoms with E-state index >= 15 is 0 Å². The molecule has 0 aliphatic carbocycles. The smallest absolute Gasteiger partial charge is 0.120 e. The van der Waals surface area contributed by atoms with E-state index in [0.29, 0.717) is 13.0 Å². The van der Waals surface area contributed by atoms with Crippen LogP contribution in [0, 0.1) is 17.2 Å². The average Bonchev–Trinajstić information content (AvgIpc) is 2.25. The van der Waals surface area contributed by atoms with Crippen LogP contribution in [0.3, 0.4) is 0 Å². The van der Waals surface area contributed by atoms with Crippen LogP contribution in [0.1, 0.15) is 6.42 Å². The molecule has 0 bridgehead atoms. The third kappa shape index (κ3) is 4.32. The van der Waals surface area contributed by atoms with Gasteiger partial charge in [-0.05, 0) is 24.6 Å². The molecule has 0 aliphatic rings. The first-order chi connectivity index (χ1) is 7.26. The number of aliphatic hydroxyl groups excluding tert-OH is 1. The third-order valence-corrected chi connectivity index (χ3v) is 2.43. The van der Waals surface area contributed by atoms with Crippen molar-refractivity contribution < 1.29 is 9.84 Å². The number of nitriles is 1. The van der Waals surface area contributed by atoms with Gasteiger partial charge in [-0.25, -0.2) is 0 Å². The van der Waals surface area contributed by atoms with Gasteiger partial charge in [0.1, 0.15) is 5.75 Å². The van der Waals surface area contributed by atoms with Crippen LogP contribution in [-0.4, -0.2) is 18.3 Å². The molecular formula is C11H12BrNO2. The molecule has 0 aromatic heterocycles. The summed E-state index contributed by atoms with van der Waals surface area (Å²) in [5.41, 5.74) is 0. The maximum Gasteiger partial charge on any atom is 0.120 e. The molecule has 3 nitrogen and oxygen atoms in total. The summed E-state index contributed by atoms with van der Waals surface area (Å²) in [6, 6.07) is 9.52. The average molecular weight is 270 g/mol. The van der Waals surface area contributed by atoms with Gasteiger partial charge >= 0.3 is 0 Å². The number of nitrogens with zero attached hydrogens (tertiary/aromatic N) is 1. The topological polar surface area (TPSA) is 53.2 Å². The first-order valence-electron chi connectivity index (χ1n) is 4.65. The highest BCUT2D eigenvalue weighted by Gasteiger charge is 2.05. The summed E-state index contributed by atoms with van der Waals surface area (Å²) in [5, 5.41) is 17.4. The Balaban J connectivity index is 2.35. The van der Waals surface area contributed by atoms with Crippen LogP contribution in [0.15, 0.2) is 28.7 Å². The van der Waals surface area contributed by atoms with Crippen molar-refractivity contribution in [3.63, 3.8) is 0 Å². The lowest BCUT2D eigenvalue weighted by molar-refractivity contribution is 0.220. The zero-order chi connectivity index (χ0) is 11.1. The lowest BCUT2D eigenvalue weighted by atomic mass is 10.1. The standard InChI is InChI=1S/C11H12BrNO2/c12-10-2-1-3-11(6-10)15-5-4-9(7-13)8-14/h1-3,6,9,14H,4-5,8H2. The summed E-state index contributed by atoms with van der Waals surface area (Å²) >= 11 is 3.34. The van der Waals surface area contributed by atoms with Crippen LogP contribution in [0.25, 0.3) is 0 Å². The van der Waals surface area contributed by atoms with E-state index in [9.17, 15) is 0 Å². The fourth-order valence-electron chi connectivity index (χ4n) is 1.07. The normalized spacial score (nSPS) is 11.8. The third-order valence-electron chi connectivity index (χ3n) is 1.93. The predicted molar refractivity (Wildman–Crippen MR) is 60.4 cm³/mol. The van der Waals surface area contributed by atoms with E-state index in [1.807, 2.05) is 30.3 Å². The summed E-state index contributed by atoms with van der Waals surface area (Å²) in [4.78, 5) is 0. The Morgan fingerprint density at radius 1 is 1.53 bits per heavy atom. The van der Waals surface area contributed by atoms with Crippen molar-refractivity contribution in [2.24, 2.45) is 5.92 Å². The van der Waals surface area contributed by atoms with Crippen molar-refractivity contribution in [3.8, 4) is 11.8 Å². The molecule has 1 atom stereocenters. The molecule has 0 amide bonds. The molecule has 1 unspecified atom stereocenters. The quantitative estimate of drug-likeness (QED) is 0.893. The van der Waals surface area contributed by atoms with Gasteiger partial charge in [-0.15, -0.1) is 0 Å². The Kier molecular flexibility index (Phi) is 5.16. The molecular weight excluding hydrogens is 258 g/mol. The monoisotopic (exact) mass is 269 g/mol. The molecule has 1 aromatic rings. The first kappa shape index (κ1) is 12.0. The van der Waals surface area contributed by atoms with Crippen molar-refractivity contribution in [3.05, 3.63) is 28.7 Å². The van der Waals surface area contributed by atoms with Gasteiger partial charge in [0.15, 0.2) is 0 Å². The number of hydrogen-bond donors (Lipinski definition) is 1. The molecule has 1 N–H and O–H groups in total. The van der Waals surface area contributed by atoms with Gasteiger partial charge in [-0.1, -0.05) is 22.0 Å². The predicted octanol–water partition coefficient (Wildman–Crippen LogP) is 2.35. The van der Waals surface area contributed by atoms with E-state index in [2.05, 4.69) is 15.9 Å². The molecule has 15 heavy (non-hydrogen) atoms. The Morgan fingerprint density at radius 3 is 2.93 bits per heavy atom. The second-order valence-electron chi connectivity index (χ2n) is 3.10. The van der Waals surface area contributed by atoms with Crippen LogP contribution >= 0.6 is 15.9 Å². The van der Waals surface area contributed by atoms with Crippen LogP contribution in [0.4, 0.5) is 0 Å². The number of aliphatic hydroxyl groups is 1. The van der Waals surface area contributed by atoms with E-state index < -0.39 is 0 Å². The maximum absolute atomic E-state index is 8.78. The fourth-order valence-corrected chi connectivity index (χ4v) is 1.45. The van der Waals surface area contributed by atoms with Crippen LogP contribution in [0.2, 0.25) is 0 Å². The molecule has 0 fully saturated rings. The minimum Gasteiger partial charge on any atom is -0.494 e. The molecule has 0 aliphatic heterocycles. The number of rotatable bonds is 5. The number of benzene rings is 1. The van der Waals surface area contributed by atoms with Crippen molar-refractivity contribution in [2.75, 3.05) is 13.2 Å². The van der Waals surface area contributed by atoms with E-state index in [1.54, 1.807) is 0 Å². The summed E-state index contributed by atoms with van der Waals surface area (Å²) in [6.45, 7) is 0.327. The zero-order valence-corrected chi connectivity index (χ0v) is 9.77. The Hall–Kier alpha value is -1.05. The SMILES string of the molecule is N#CC(CO)CCOc1cccc(Br)c1. The van der Waals surface area contributed by atoms with Crippen molar-refractivity contribution in [1.29, 1.82) is 5.26 Å². The van der Waals surface area contributed by atoms with Crippen LogP contribution in [0.5, 0.6) is 5.75 Å². The lowest BCUT2D eigenvalue weighted by Gasteiger charge is -2.08. The number of ether oxygens (including phenoxy) is 1. The van der Waals surface area contributed by atoms with Gasteiger partial charge in [0, 0.05) is 4.47 Å². The number of halogens is 1. The van der Waals surface area contributed by atoms with E-state index in [0.717, 1.165) is 10.2 Å². The van der Waals surface area contributed by atoms with Gasteiger partial charge in [0.25, 0.3) is 0 Å². The molecule has 1 aromatic carbocycles. The molecule has 0 saturated carbocycles. The highest BCUT2D eigenvalue weighted by atomic mass is 79.9. The fraction of sp³-hybridized carbons (Fsp3) is 0.364. The van der Waals surface area contributed by atoms with Crippen LogP contribution in [-0.2, 0) is 0 Å². The van der Waals surface area contributed by atoms with Gasteiger partial charge < -0.3 is 9.84 Å². The Bertz CT molecular complexity index is 349. The van der Waals surface area contributed by atoms with E-state index in [4.69, 9.17) is 15.1 Å². The highest BCUT2D eigenvalue weighted by molar-refractivity contribution is 9.10. The molecule has 0 heterocycles. The number of hydrogen-bond acceptors (Lipinski definition) is 3. The van der Waals surface area contributed by atoms with Crippen molar-refractivity contribution >= 4 is 15.9 Å². The van der Waals surface area contributed by atoms with Crippen LogP contribution < -0.4 is 4.74 Å². The Labute approximate surface area is 97.4 Å². The van der Waals surface area contributed by atoms with Crippen molar-refractivity contribution in [2.45, 2.75) is 6.42 Å². The zero-order valence-electron chi connectivity index (χ0n) is 8.19. The summed E-state index contributed by atoms with van der Waals surface area (Å²) in [5.74, 6) is 0.427. The molecule has 0 radical (unpaired) electrons. The van der Waals surface area contributed by atoms with Crippen molar-refractivity contribution in [1.82, 2.24) is 0 Å². The molecule has 80 valence electrons. The summed E-state index contributed by atoms with van der Waals surface area (Å²) < 4.78 is 6.39. The van der Waals surface area contributed by atoms with E-state index in [-0.39, 0.29) is 12.5 Å². The van der Waals surface area contributed by atoms with Gasteiger partial charge in [-0.3, -0.25) is 0 Å². The molecule has 0 saturated heterocycles. The second-order valence-corrected chi connectivity index (χ2v) is 4.02. The summed E-state index contributed by atoms with van der Waals surface area (Å²) in [7, 11) is 0. The first-order valence-corrected chi connectivity index (χ1v) is 5.44. The van der Waals surface area contributed by atoms with Gasteiger partial charge in [-0.2, -0.15) is 5.26 Å². The minimum atomic E-state index is -0.336. The highest BCUT2D eigenvalue weighted by Crippen LogP contribution is 2.18. The largest absolute Gasteiger partial charge is 0.494 e. The molecule has 4 heteroatoms. The lowest BCUT2D eigenvalue weighted by Crippen LogP contribution is -2.08. The molecule has 0 spiro atoms. The van der Waals surface area contributed by atoms with Gasteiger partial charge in [0.05, 0.1) is 25.2 Å². The van der Waals surface area contributed by atoms with E-state index in [1.165, 1.54) is 0 Å². The maximum atomic E-state index is 8.78.